The first-order valence-corrected chi connectivity index (χ1v) is 6.18. The third-order valence-electron chi connectivity index (χ3n) is 2.91. The molecule has 1 aromatic carbocycles. The summed E-state index contributed by atoms with van der Waals surface area (Å²) in [4.78, 5) is 4.33. The zero-order chi connectivity index (χ0) is 14.5. The van der Waals surface area contributed by atoms with Crippen molar-refractivity contribution in [3.8, 4) is 11.8 Å². The zero-order valence-electron chi connectivity index (χ0n) is 11.5. The first kappa shape index (κ1) is 13.7. The van der Waals surface area contributed by atoms with Crippen molar-refractivity contribution in [3.63, 3.8) is 0 Å². The molecule has 1 heterocycles. The van der Waals surface area contributed by atoms with Gasteiger partial charge < -0.3 is 15.8 Å². The molecule has 102 valence electrons. The van der Waals surface area contributed by atoms with Crippen LogP contribution in [0, 0.1) is 18.3 Å². The van der Waals surface area contributed by atoms with E-state index in [1.54, 1.807) is 13.2 Å². The molecule has 20 heavy (non-hydrogen) atoms. The standard InChI is InChI=1S/C15H16N4O/c1-10-3-5-12(8-16)15(19-10)18-9-11-4-6-14(20-2)13(17)7-11/h3-7H,9,17H2,1-2H3,(H,18,19). The van der Waals surface area contributed by atoms with Gasteiger partial charge >= 0.3 is 0 Å². The fourth-order valence-electron chi connectivity index (χ4n) is 1.86. The molecule has 2 aromatic rings. The number of methoxy groups -OCH3 is 1. The molecule has 2 rings (SSSR count). The Morgan fingerprint density at radius 1 is 1.35 bits per heavy atom. The van der Waals surface area contributed by atoms with Gasteiger partial charge in [-0.25, -0.2) is 4.98 Å². The van der Waals surface area contributed by atoms with E-state index in [4.69, 9.17) is 15.7 Å². The maximum Gasteiger partial charge on any atom is 0.144 e. The third-order valence-corrected chi connectivity index (χ3v) is 2.91. The lowest BCUT2D eigenvalue weighted by Gasteiger charge is -2.10. The Bertz CT molecular complexity index is 661. The van der Waals surface area contributed by atoms with Gasteiger partial charge in [0.25, 0.3) is 0 Å². The maximum absolute atomic E-state index is 9.05. The average Bonchev–Trinajstić information content (AvgIpc) is 2.45. The summed E-state index contributed by atoms with van der Waals surface area (Å²) in [5.41, 5.74) is 8.83. The number of nitrogen functional groups attached to an aromatic ring is 1. The van der Waals surface area contributed by atoms with Crippen molar-refractivity contribution in [1.82, 2.24) is 4.98 Å². The number of nitriles is 1. The van der Waals surface area contributed by atoms with Crippen LogP contribution in [0.3, 0.4) is 0 Å². The molecular weight excluding hydrogens is 252 g/mol. The van der Waals surface area contributed by atoms with Crippen molar-refractivity contribution >= 4 is 11.5 Å². The number of rotatable bonds is 4. The SMILES string of the molecule is COc1ccc(CNc2nc(C)ccc2C#N)cc1N. The van der Waals surface area contributed by atoms with Crippen molar-refractivity contribution in [2.45, 2.75) is 13.5 Å². The number of nitrogens with two attached hydrogens (primary N) is 1. The van der Waals surface area contributed by atoms with E-state index >= 15 is 0 Å². The summed E-state index contributed by atoms with van der Waals surface area (Å²) in [5.74, 6) is 1.24. The van der Waals surface area contributed by atoms with Gasteiger partial charge in [0.15, 0.2) is 0 Å². The normalized spacial score (nSPS) is 9.85. The molecule has 0 saturated carbocycles. The van der Waals surface area contributed by atoms with Crippen LogP contribution < -0.4 is 15.8 Å². The topological polar surface area (TPSA) is 84.0 Å². The van der Waals surface area contributed by atoms with Gasteiger partial charge in [-0.1, -0.05) is 6.07 Å². The summed E-state index contributed by atoms with van der Waals surface area (Å²) in [5, 5.41) is 12.2. The molecule has 0 saturated heterocycles. The molecule has 0 aliphatic heterocycles. The first-order chi connectivity index (χ1) is 9.63. The van der Waals surface area contributed by atoms with Gasteiger partial charge in [0, 0.05) is 12.2 Å². The highest BCUT2D eigenvalue weighted by molar-refractivity contribution is 5.56. The molecule has 3 N–H and O–H groups in total. The van der Waals surface area contributed by atoms with E-state index in [-0.39, 0.29) is 0 Å². The van der Waals surface area contributed by atoms with Crippen LogP contribution in [0.5, 0.6) is 5.75 Å². The average molecular weight is 268 g/mol. The summed E-state index contributed by atoms with van der Waals surface area (Å²) in [6.07, 6.45) is 0. The Morgan fingerprint density at radius 3 is 2.80 bits per heavy atom. The van der Waals surface area contributed by atoms with Crippen LogP contribution in [0.1, 0.15) is 16.8 Å². The minimum atomic E-state index is 0.525. The number of pyridine rings is 1. The highest BCUT2D eigenvalue weighted by Gasteiger charge is 2.05. The summed E-state index contributed by atoms with van der Waals surface area (Å²) < 4.78 is 5.11. The van der Waals surface area contributed by atoms with Crippen LogP contribution >= 0.6 is 0 Å². The second-order valence-corrected chi connectivity index (χ2v) is 4.39. The molecule has 5 heteroatoms. The molecule has 0 atom stereocenters. The minimum absolute atomic E-state index is 0.525. The van der Waals surface area contributed by atoms with E-state index in [2.05, 4.69) is 16.4 Å². The number of benzene rings is 1. The van der Waals surface area contributed by atoms with Crippen molar-refractivity contribution in [2.75, 3.05) is 18.2 Å². The number of aryl methyl sites for hydroxylation is 1. The lowest BCUT2D eigenvalue weighted by molar-refractivity contribution is 0.417. The largest absolute Gasteiger partial charge is 0.495 e. The van der Waals surface area contributed by atoms with Crippen LogP contribution in [-0.2, 0) is 6.54 Å². The van der Waals surface area contributed by atoms with E-state index < -0.39 is 0 Å². The van der Waals surface area contributed by atoms with E-state index in [0.717, 1.165) is 11.3 Å². The van der Waals surface area contributed by atoms with Crippen LogP contribution in [0.15, 0.2) is 30.3 Å². The second-order valence-electron chi connectivity index (χ2n) is 4.39. The monoisotopic (exact) mass is 268 g/mol. The van der Waals surface area contributed by atoms with Crippen molar-refractivity contribution < 1.29 is 4.74 Å². The molecule has 0 aliphatic carbocycles. The van der Waals surface area contributed by atoms with Crippen LogP contribution in [0.2, 0.25) is 0 Å². The Kier molecular flexibility index (Phi) is 4.06. The van der Waals surface area contributed by atoms with Gasteiger partial charge in [-0.05, 0) is 36.8 Å². The highest BCUT2D eigenvalue weighted by Crippen LogP contribution is 2.22. The van der Waals surface area contributed by atoms with Gasteiger partial charge in [0.1, 0.15) is 17.6 Å². The predicted octanol–water partition coefficient (Wildman–Crippen LogP) is 2.46. The molecule has 0 bridgehead atoms. The predicted molar refractivity (Wildman–Crippen MR) is 78.4 cm³/mol. The fraction of sp³-hybridized carbons (Fsp3) is 0.200. The number of hydrogen-bond donors (Lipinski definition) is 2. The quantitative estimate of drug-likeness (QED) is 0.832. The molecule has 0 amide bonds. The Balaban J connectivity index is 2.15. The lowest BCUT2D eigenvalue weighted by Crippen LogP contribution is -2.05. The smallest absolute Gasteiger partial charge is 0.144 e. The Labute approximate surface area is 118 Å². The Morgan fingerprint density at radius 2 is 2.15 bits per heavy atom. The summed E-state index contributed by atoms with van der Waals surface area (Å²) in [7, 11) is 1.58. The molecule has 0 spiro atoms. The molecule has 0 aliphatic rings. The fourth-order valence-corrected chi connectivity index (χ4v) is 1.86. The van der Waals surface area contributed by atoms with Crippen molar-refractivity contribution in [1.29, 1.82) is 5.26 Å². The number of hydrogen-bond acceptors (Lipinski definition) is 5. The molecular formula is C15H16N4O. The third kappa shape index (κ3) is 2.98. The van der Waals surface area contributed by atoms with Gasteiger partial charge in [0.2, 0.25) is 0 Å². The molecule has 0 fully saturated rings. The Hall–Kier alpha value is -2.74. The highest BCUT2D eigenvalue weighted by atomic mass is 16.5. The number of anilines is 2. The molecule has 0 unspecified atom stereocenters. The van der Waals surface area contributed by atoms with Crippen LogP contribution in [0.25, 0.3) is 0 Å². The van der Waals surface area contributed by atoms with E-state index in [9.17, 15) is 0 Å². The zero-order valence-corrected chi connectivity index (χ0v) is 11.5. The van der Waals surface area contributed by atoms with Crippen molar-refractivity contribution in [3.05, 3.63) is 47.2 Å². The number of ether oxygens (including phenoxy) is 1. The molecule has 0 radical (unpaired) electrons. The lowest BCUT2D eigenvalue weighted by atomic mass is 10.2. The van der Waals surface area contributed by atoms with Crippen LogP contribution in [-0.4, -0.2) is 12.1 Å². The van der Waals surface area contributed by atoms with Gasteiger partial charge in [-0.15, -0.1) is 0 Å². The second kappa shape index (κ2) is 5.93. The summed E-state index contributed by atoms with van der Waals surface area (Å²) in [6, 6.07) is 11.3. The number of aromatic nitrogens is 1. The minimum Gasteiger partial charge on any atom is -0.495 e. The molecule has 1 aromatic heterocycles. The van der Waals surface area contributed by atoms with Crippen LogP contribution in [0.4, 0.5) is 11.5 Å². The van der Waals surface area contributed by atoms with E-state index in [1.807, 2.05) is 31.2 Å². The van der Waals surface area contributed by atoms with Gasteiger partial charge in [0.05, 0.1) is 18.4 Å². The number of nitrogens with zero attached hydrogens (tertiary/aromatic N) is 2. The first-order valence-electron chi connectivity index (χ1n) is 6.18. The summed E-state index contributed by atoms with van der Waals surface area (Å²) in [6.45, 7) is 2.43. The summed E-state index contributed by atoms with van der Waals surface area (Å²) >= 11 is 0. The number of nitrogens with one attached hydrogen (secondary N) is 1. The van der Waals surface area contributed by atoms with Crippen molar-refractivity contribution in [2.24, 2.45) is 0 Å². The van der Waals surface area contributed by atoms with E-state index in [1.165, 1.54) is 0 Å². The maximum atomic E-state index is 9.05. The molecule has 5 nitrogen and oxygen atoms in total. The van der Waals surface area contributed by atoms with Gasteiger partial charge in [-0.2, -0.15) is 5.26 Å². The van der Waals surface area contributed by atoms with E-state index in [0.29, 0.717) is 29.4 Å². The van der Waals surface area contributed by atoms with Gasteiger partial charge in [-0.3, -0.25) is 0 Å².